The van der Waals surface area contributed by atoms with E-state index in [1.54, 1.807) is 88.8 Å². The van der Waals surface area contributed by atoms with E-state index in [1.807, 2.05) is 53.2 Å². The smallest absolute Gasteiger partial charge is 0.324 e. The number of ether oxygens (including phenoxy) is 2. The molecule has 12 heterocycles. The van der Waals surface area contributed by atoms with Crippen molar-refractivity contribution in [2.75, 3.05) is 88.6 Å². The lowest BCUT2D eigenvalue weighted by atomic mass is 9.62. The summed E-state index contributed by atoms with van der Waals surface area (Å²) < 4.78 is 38.1. The number of nitrogens with one attached hydrogen (secondary N) is 1. The van der Waals surface area contributed by atoms with Crippen molar-refractivity contribution in [1.29, 1.82) is 0 Å². The molecule has 2 unspecified atom stereocenters. The minimum atomic E-state index is -0.372. The molecule has 1 saturated heterocycles. The SMILES string of the molecule is CC(c1ccc(-c2ccc(N)nc2)cc1)(c1noc(N2CCC(O)CC2)n1)C1CC1.CCNc1ncc(-c2ccc(C(C)(c3noc(-c4cnn(CC(=O)N(C)C)c4)n3)C3CC3)cc2)cn1.COCCn1cc(-c2nc([C@@](C)(c3ccc(-c4cnc(N)nc4)cc3)C3CCC3)no2)cn1.COCCn1cc(-c2nc([C@](C)(c3ccc(-c4cnc(N)nc4)cc3)C3CCC3)no2)cn1. The topological polar surface area (TPSA) is 452 Å². The lowest BCUT2D eigenvalue weighted by molar-refractivity contribution is -0.129. The van der Waals surface area contributed by atoms with Crippen LogP contribution in [0.3, 0.4) is 0 Å². The standard InChI is InChI=1S/C26H30N8O2.2C24H27N7O2.C23H27N5O2/c1-5-27-25-28-12-18(13-29-25)17-6-8-20(9-7-17)26(2,21-10-11-21)24-31-23(36-32-24)19-14-30-34(15-19)16-22(35)33(3)4;2*1-24(19-4-3-5-19,20-8-6-16(7-9-20)17-12-26-23(25)27-13-17)22-29-21(33-30-22)18-14-28-31(15-18)10-11-32-2;1-23(18-7-8-18,21-26-22(30-27-21)28-12-10-19(29)11-13-28)17-5-2-15(3-6-17)16-4-9-20(24)25-14-16/h6-9,12-15,21H,5,10-11,16H2,1-4H3,(H,27,28,29);2*6-9,12-15,19H,3-5,10-11H2,1-2H3,(H2,25,26,27);2-6,9,14,18-19,29H,7-8,10-13H2,1H3,(H2,24,25)/t;2*24-;/m.10./s1. The highest BCUT2D eigenvalue weighted by Gasteiger charge is 2.50. The first-order valence-corrected chi connectivity index (χ1v) is 45.0. The molecule has 4 aliphatic carbocycles. The predicted molar refractivity (Wildman–Crippen MR) is 496 cm³/mol. The van der Waals surface area contributed by atoms with Crippen LogP contribution >= 0.6 is 0 Å². The first kappa shape index (κ1) is 89.8. The van der Waals surface area contributed by atoms with E-state index in [2.05, 4.69) is 206 Å². The number of methoxy groups -OCH3 is 2. The van der Waals surface area contributed by atoms with Crippen LogP contribution in [-0.2, 0) is 55.6 Å². The van der Waals surface area contributed by atoms with Crippen LogP contribution in [0, 0.1) is 23.7 Å². The lowest BCUT2D eigenvalue weighted by Gasteiger charge is -2.41. The average molecular weight is 1780 g/mol. The van der Waals surface area contributed by atoms with Crippen LogP contribution in [0.2, 0.25) is 0 Å². The molecule has 1 aliphatic heterocycles. The zero-order valence-electron chi connectivity index (χ0n) is 75.7. The molecule has 0 radical (unpaired) electrons. The average Bonchev–Trinajstić information content (AvgIpc) is 1.64. The normalized spacial score (nSPS) is 16.4. The molecule has 4 saturated carbocycles. The quantitative estimate of drug-likeness (QED) is 0.0279. The number of aliphatic hydroxyl groups excluding tert-OH is 1. The Morgan fingerprint density at radius 2 is 0.765 bits per heavy atom. The molecule has 0 spiro atoms. The van der Waals surface area contributed by atoms with Gasteiger partial charge in [-0.25, -0.2) is 34.9 Å². The molecule has 132 heavy (non-hydrogen) atoms. The van der Waals surface area contributed by atoms with E-state index >= 15 is 0 Å². The third kappa shape index (κ3) is 19.5. The van der Waals surface area contributed by atoms with Crippen molar-refractivity contribution >= 4 is 35.6 Å². The predicted octanol–water partition coefficient (Wildman–Crippen LogP) is 14.5. The molecule has 1 amide bonds. The molecule has 682 valence electrons. The van der Waals surface area contributed by atoms with Gasteiger partial charge >= 0.3 is 6.01 Å². The van der Waals surface area contributed by atoms with Crippen LogP contribution in [0.5, 0.6) is 0 Å². The van der Waals surface area contributed by atoms with E-state index in [1.165, 1.54) is 36.1 Å². The molecular weight excluding hydrogens is 1670 g/mol. The fourth-order valence-corrected chi connectivity index (χ4v) is 17.5. The molecule has 20 rings (SSSR count). The second-order valence-corrected chi connectivity index (χ2v) is 35.5. The summed E-state index contributed by atoms with van der Waals surface area (Å²) in [4.78, 5) is 64.1. The Hall–Kier alpha value is -14.2. The Morgan fingerprint density at radius 3 is 1.11 bits per heavy atom. The Morgan fingerprint density at radius 1 is 0.424 bits per heavy atom. The number of anilines is 5. The molecule has 4 atom stereocenters. The van der Waals surface area contributed by atoms with Gasteiger partial charge in [0.15, 0.2) is 23.3 Å². The number of pyridine rings is 1. The highest BCUT2D eigenvalue weighted by Crippen LogP contribution is 2.54. The van der Waals surface area contributed by atoms with E-state index in [9.17, 15) is 9.90 Å². The molecule has 0 bridgehead atoms. The number of hydrogen-bond acceptors (Lipinski definition) is 31. The van der Waals surface area contributed by atoms with Gasteiger partial charge in [-0.05, 0) is 179 Å². The minimum Gasteiger partial charge on any atom is -0.393 e. The highest BCUT2D eigenvalue weighted by atomic mass is 16.5. The van der Waals surface area contributed by atoms with E-state index < -0.39 is 0 Å². The van der Waals surface area contributed by atoms with Crippen molar-refractivity contribution in [3.8, 4) is 78.9 Å². The first-order valence-electron chi connectivity index (χ1n) is 45.0. The monoisotopic (exact) mass is 1780 g/mol. The molecule has 5 fully saturated rings. The number of carbonyl (C=O) groups excluding carboxylic acids is 1. The Bertz CT molecular complexity index is 6100. The number of aliphatic hydroxyl groups is 1. The fraction of sp³-hybridized carbons (Fsp3) is 0.392. The van der Waals surface area contributed by atoms with Gasteiger partial charge < -0.3 is 65.0 Å². The summed E-state index contributed by atoms with van der Waals surface area (Å²) in [5.41, 5.74) is 30.6. The number of amides is 1. The number of hydrogen-bond donors (Lipinski definition) is 5. The third-order valence-corrected chi connectivity index (χ3v) is 26.8. The largest absolute Gasteiger partial charge is 0.393 e. The second kappa shape index (κ2) is 39.2. The van der Waals surface area contributed by atoms with Crippen molar-refractivity contribution in [3.05, 3.63) is 235 Å². The van der Waals surface area contributed by atoms with E-state index in [4.69, 9.17) is 64.7 Å². The Balaban J connectivity index is 0.000000123. The molecular formula is C97H111N27O8. The zero-order valence-corrected chi connectivity index (χ0v) is 75.7. The third-order valence-electron chi connectivity index (χ3n) is 26.8. The summed E-state index contributed by atoms with van der Waals surface area (Å²) >= 11 is 0. The minimum absolute atomic E-state index is 0.0410. The maximum Gasteiger partial charge on any atom is 0.324 e. The van der Waals surface area contributed by atoms with E-state index in [-0.39, 0.29) is 52.1 Å². The summed E-state index contributed by atoms with van der Waals surface area (Å²) in [5.74, 6) is 7.68. The number of piperidine rings is 1. The van der Waals surface area contributed by atoms with Gasteiger partial charge in [0, 0.05) is 132 Å². The second-order valence-electron chi connectivity index (χ2n) is 35.5. The van der Waals surface area contributed by atoms with Crippen LogP contribution in [0.25, 0.3) is 78.9 Å². The molecule has 8 N–H and O–H groups in total. The van der Waals surface area contributed by atoms with Crippen molar-refractivity contribution < 1.29 is 37.5 Å². The number of rotatable bonds is 30. The lowest BCUT2D eigenvalue weighted by Crippen LogP contribution is -2.38. The number of likely N-dealkylation sites (N-methyl/N-ethyl adjacent to an activating group) is 1. The maximum absolute atomic E-state index is 12.0. The van der Waals surface area contributed by atoms with Crippen LogP contribution < -0.4 is 27.4 Å². The fourth-order valence-electron chi connectivity index (χ4n) is 17.5. The van der Waals surface area contributed by atoms with Crippen LogP contribution in [0.15, 0.2) is 208 Å². The Labute approximate surface area is 764 Å². The van der Waals surface area contributed by atoms with Gasteiger partial charge in [-0.1, -0.05) is 131 Å². The van der Waals surface area contributed by atoms with Gasteiger partial charge in [-0.3, -0.25) is 18.8 Å². The number of nitrogens with two attached hydrogens (primary N) is 3. The van der Waals surface area contributed by atoms with Gasteiger partial charge in [-0.15, -0.1) is 0 Å². The van der Waals surface area contributed by atoms with Crippen molar-refractivity contribution in [2.24, 2.45) is 23.7 Å². The van der Waals surface area contributed by atoms with Crippen molar-refractivity contribution in [3.63, 3.8) is 0 Å². The van der Waals surface area contributed by atoms with Gasteiger partial charge in [0.05, 0.1) is 89.3 Å². The highest BCUT2D eigenvalue weighted by molar-refractivity contribution is 5.75. The molecule has 35 nitrogen and oxygen atoms in total. The summed E-state index contributed by atoms with van der Waals surface area (Å²) in [7, 11) is 6.78. The molecule has 35 heteroatoms. The summed E-state index contributed by atoms with van der Waals surface area (Å²) in [6.45, 7) is 15.8. The number of aromatic nitrogens is 21. The van der Waals surface area contributed by atoms with Gasteiger partial charge in [0.1, 0.15) is 12.4 Å². The van der Waals surface area contributed by atoms with E-state index in [0.29, 0.717) is 108 Å². The van der Waals surface area contributed by atoms with Crippen LogP contribution in [-0.4, -0.2) is 188 Å². The summed E-state index contributed by atoms with van der Waals surface area (Å²) in [6, 6.07) is 38.3. The molecule has 4 aromatic carbocycles. The van der Waals surface area contributed by atoms with Crippen LogP contribution in [0.4, 0.5) is 29.7 Å². The van der Waals surface area contributed by atoms with Crippen LogP contribution in [0.1, 0.15) is 157 Å². The number of nitrogens with zero attached hydrogens (tertiary/aromatic N) is 23. The van der Waals surface area contributed by atoms with Gasteiger partial charge in [0.25, 0.3) is 17.7 Å². The molecule has 11 aromatic heterocycles. The van der Waals surface area contributed by atoms with Gasteiger partial charge in [-0.2, -0.15) is 35.2 Å². The van der Waals surface area contributed by atoms with E-state index in [0.717, 1.165) is 149 Å². The van der Waals surface area contributed by atoms with Gasteiger partial charge in [0.2, 0.25) is 23.8 Å². The molecule has 15 aromatic rings. The summed E-state index contributed by atoms with van der Waals surface area (Å²) in [6.07, 6.45) is 35.9. The Kier molecular flexibility index (Phi) is 26.7. The number of benzene rings is 4. The number of carbonyl (C=O) groups is 1. The number of nitrogen functional groups attached to an aromatic ring is 3. The van der Waals surface area contributed by atoms with Crippen molar-refractivity contribution in [1.82, 2.24) is 110 Å². The summed E-state index contributed by atoms with van der Waals surface area (Å²) in [5, 5.41) is 43.5. The maximum atomic E-state index is 12.0. The molecule has 5 aliphatic rings. The van der Waals surface area contributed by atoms with Crippen molar-refractivity contribution in [2.45, 2.75) is 159 Å². The first-order chi connectivity index (χ1) is 64.1. The zero-order chi connectivity index (χ0) is 91.7.